The second-order valence-corrected chi connectivity index (χ2v) is 9.17. The topological polar surface area (TPSA) is 74.3 Å². The Kier molecular flexibility index (Phi) is 7.73. The van der Waals surface area contributed by atoms with Crippen LogP contribution in [0, 0.1) is 6.92 Å². The number of nitrogens with one attached hydrogen (secondary N) is 1. The van der Waals surface area contributed by atoms with Gasteiger partial charge in [-0.05, 0) is 62.6 Å². The molecule has 0 radical (unpaired) electrons. The van der Waals surface area contributed by atoms with Crippen LogP contribution in [0.2, 0.25) is 0 Å². The first-order valence-electron chi connectivity index (χ1n) is 11.9. The number of urea groups is 1. The second kappa shape index (κ2) is 10.9. The molecule has 0 bridgehead atoms. The van der Waals surface area contributed by atoms with Gasteiger partial charge in [-0.25, -0.2) is 4.79 Å². The number of rotatable bonds is 9. The van der Waals surface area contributed by atoms with Crippen molar-refractivity contribution in [3.05, 3.63) is 59.7 Å². The third-order valence-corrected chi connectivity index (χ3v) is 6.44. The van der Waals surface area contributed by atoms with Gasteiger partial charge in [0, 0.05) is 26.2 Å². The maximum atomic E-state index is 11.6. The van der Waals surface area contributed by atoms with Crippen LogP contribution in [0.1, 0.15) is 30.4 Å². The van der Waals surface area contributed by atoms with Gasteiger partial charge < -0.3 is 24.8 Å². The Morgan fingerprint density at radius 3 is 2.42 bits per heavy atom. The van der Waals surface area contributed by atoms with Crippen molar-refractivity contribution in [1.29, 1.82) is 0 Å². The molecule has 7 nitrogen and oxygen atoms in total. The summed E-state index contributed by atoms with van der Waals surface area (Å²) in [4.78, 5) is 15.7. The smallest absolute Gasteiger partial charge is 0.317 e. The number of carbonyl (C=O) groups excluding carboxylic acids is 1. The van der Waals surface area contributed by atoms with Gasteiger partial charge in [-0.1, -0.05) is 29.8 Å². The molecule has 2 amide bonds. The molecule has 2 aromatic carbocycles. The number of aryl methyl sites for hydroxylation is 1. The molecule has 2 heterocycles. The molecule has 2 fully saturated rings. The first kappa shape index (κ1) is 23.4. The van der Waals surface area contributed by atoms with Gasteiger partial charge in [0.05, 0.1) is 12.1 Å². The summed E-state index contributed by atoms with van der Waals surface area (Å²) >= 11 is 0. The monoisotopic (exact) mass is 453 g/mol. The van der Waals surface area contributed by atoms with E-state index < -0.39 is 5.60 Å². The molecule has 178 valence electrons. The first-order chi connectivity index (χ1) is 16.0. The number of aliphatic hydroxyl groups is 1. The van der Waals surface area contributed by atoms with Crippen LogP contribution < -0.4 is 14.8 Å². The summed E-state index contributed by atoms with van der Waals surface area (Å²) in [7, 11) is 0. The van der Waals surface area contributed by atoms with Crippen LogP contribution in [0.5, 0.6) is 11.5 Å². The summed E-state index contributed by atoms with van der Waals surface area (Å²) < 4.78 is 11.7. The third-order valence-electron chi connectivity index (χ3n) is 6.44. The van der Waals surface area contributed by atoms with Gasteiger partial charge in [0.25, 0.3) is 0 Å². The Morgan fingerprint density at radius 1 is 0.970 bits per heavy atom. The normalized spacial score (nSPS) is 21.5. The molecule has 2 aromatic rings. The van der Waals surface area contributed by atoms with Gasteiger partial charge in [-0.15, -0.1) is 0 Å². The Balaban J connectivity index is 1.20. The van der Waals surface area contributed by atoms with E-state index in [-0.39, 0.29) is 6.03 Å². The molecular formula is C26H35N3O4. The molecule has 0 unspecified atom stereocenters. The number of benzene rings is 2. The number of amides is 2. The lowest BCUT2D eigenvalue weighted by atomic mass is 9.96. The van der Waals surface area contributed by atoms with Crippen molar-refractivity contribution in [2.24, 2.45) is 0 Å². The van der Waals surface area contributed by atoms with E-state index >= 15 is 0 Å². The van der Waals surface area contributed by atoms with Crippen molar-refractivity contribution in [2.75, 3.05) is 45.9 Å². The Labute approximate surface area is 196 Å². The SMILES string of the molecule is Cc1ccc(OC[C@@]2(O)CCCN(Cc3ccc(OCCN4CCNC4=O)cc3)CC2)cc1. The molecule has 33 heavy (non-hydrogen) atoms. The number of hydrogen-bond acceptors (Lipinski definition) is 5. The maximum Gasteiger partial charge on any atom is 0.317 e. The van der Waals surface area contributed by atoms with E-state index in [1.807, 2.05) is 36.4 Å². The maximum absolute atomic E-state index is 11.6. The fourth-order valence-electron chi connectivity index (χ4n) is 4.34. The van der Waals surface area contributed by atoms with Gasteiger partial charge in [-0.3, -0.25) is 4.90 Å². The van der Waals surface area contributed by atoms with Gasteiger partial charge >= 0.3 is 6.03 Å². The minimum Gasteiger partial charge on any atom is -0.492 e. The molecule has 1 atom stereocenters. The summed E-state index contributed by atoms with van der Waals surface area (Å²) in [5.74, 6) is 1.62. The molecule has 0 aliphatic carbocycles. The van der Waals surface area contributed by atoms with Crippen molar-refractivity contribution in [1.82, 2.24) is 15.1 Å². The molecule has 7 heteroatoms. The number of likely N-dealkylation sites (tertiary alicyclic amines) is 1. The molecule has 0 saturated carbocycles. The highest BCUT2D eigenvalue weighted by molar-refractivity contribution is 5.76. The molecular weight excluding hydrogens is 418 g/mol. The predicted molar refractivity (Wildman–Crippen MR) is 128 cm³/mol. The lowest BCUT2D eigenvalue weighted by Crippen LogP contribution is -2.37. The van der Waals surface area contributed by atoms with Crippen LogP contribution >= 0.6 is 0 Å². The van der Waals surface area contributed by atoms with E-state index in [1.54, 1.807) is 4.90 Å². The van der Waals surface area contributed by atoms with Gasteiger partial charge in [0.1, 0.15) is 24.7 Å². The highest BCUT2D eigenvalue weighted by atomic mass is 16.5. The Bertz CT molecular complexity index is 903. The summed E-state index contributed by atoms with van der Waals surface area (Å²) in [6.07, 6.45) is 2.39. The highest BCUT2D eigenvalue weighted by Crippen LogP contribution is 2.25. The zero-order valence-electron chi connectivity index (χ0n) is 19.5. The van der Waals surface area contributed by atoms with Crippen LogP contribution in [0.3, 0.4) is 0 Å². The summed E-state index contributed by atoms with van der Waals surface area (Å²) in [5.41, 5.74) is 1.63. The zero-order valence-corrected chi connectivity index (χ0v) is 19.5. The molecule has 2 N–H and O–H groups in total. The summed E-state index contributed by atoms with van der Waals surface area (Å²) in [6, 6.07) is 16.1. The van der Waals surface area contributed by atoms with Crippen LogP contribution in [-0.2, 0) is 6.54 Å². The molecule has 2 aliphatic heterocycles. The molecule has 0 spiro atoms. The van der Waals surface area contributed by atoms with Gasteiger partial charge in [0.2, 0.25) is 0 Å². The summed E-state index contributed by atoms with van der Waals surface area (Å²) in [6.45, 7) is 7.56. The fourth-order valence-corrected chi connectivity index (χ4v) is 4.34. The average Bonchev–Trinajstić information content (AvgIpc) is 3.13. The molecule has 2 saturated heterocycles. The number of carbonyl (C=O) groups is 1. The van der Waals surface area contributed by atoms with E-state index in [0.717, 1.165) is 50.5 Å². The molecule has 2 aliphatic rings. The standard InChI is InChI=1S/C26H35N3O4/c1-21-3-7-24(8-4-21)33-20-26(31)11-2-14-28(15-12-26)19-22-5-9-23(10-6-22)32-18-17-29-16-13-27-25(29)30/h3-10,31H,2,11-20H2,1H3,(H,27,30)/t26-/m1/s1. The number of nitrogens with zero attached hydrogens (tertiary/aromatic N) is 2. The number of hydrogen-bond donors (Lipinski definition) is 2. The van der Waals surface area contributed by atoms with Crippen LogP contribution in [0.15, 0.2) is 48.5 Å². The van der Waals surface area contributed by atoms with Crippen LogP contribution in [0.25, 0.3) is 0 Å². The van der Waals surface area contributed by atoms with Crippen molar-refractivity contribution in [3.8, 4) is 11.5 Å². The van der Waals surface area contributed by atoms with Crippen molar-refractivity contribution < 1.29 is 19.4 Å². The zero-order chi connectivity index (χ0) is 23.1. The first-order valence-corrected chi connectivity index (χ1v) is 11.9. The lowest BCUT2D eigenvalue weighted by molar-refractivity contribution is -0.0168. The average molecular weight is 454 g/mol. The second-order valence-electron chi connectivity index (χ2n) is 9.17. The highest BCUT2D eigenvalue weighted by Gasteiger charge is 2.31. The minimum atomic E-state index is -0.788. The quantitative estimate of drug-likeness (QED) is 0.610. The minimum absolute atomic E-state index is 0.0139. The third kappa shape index (κ3) is 6.85. The molecule has 0 aromatic heterocycles. The van der Waals surface area contributed by atoms with E-state index in [0.29, 0.717) is 32.7 Å². The van der Waals surface area contributed by atoms with Gasteiger partial charge in [0.15, 0.2) is 0 Å². The van der Waals surface area contributed by atoms with Crippen molar-refractivity contribution in [2.45, 2.75) is 38.3 Å². The summed E-state index contributed by atoms with van der Waals surface area (Å²) in [5, 5.41) is 13.9. The van der Waals surface area contributed by atoms with Crippen LogP contribution in [-0.4, -0.2) is 72.5 Å². The fraction of sp³-hybridized carbons (Fsp3) is 0.500. The van der Waals surface area contributed by atoms with E-state index in [1.165, 1.54) is 11.1 Å². The van der Waals surface area contributed by atoms with E-state index in [2.05, 4.69) is 29.3 Å². The Hall–Kier alpha value is -2.77. The Morgan fingerprint density at radius 2 is 1.70 bits per heavy atom. The lowest BCUT2D eigenvalue weighted by Gasteiger charge is -2.27. The largest absolute Gasteiger partial charge is 0.492 e. The van der Waals surface area contributed by atoms with Crippen molar-refractivity contribution in [3.63, 3.8) is 0 Å². The van der Waals surface area contributed by atoms with Gasteiger partial charge in [-0.2, -0.15) is 0 Å². The van der Waals surface area contributed by atoms with Crippen LogP contribution in [0.4, 0.5) is 4.79 Å². The van der Waals surface area contributed by atoms with Crippen molar-refractivity contribution >= 4 is 6.03 Å². The number of ether oxygens (including phenoxy) is 2. The van der Waals surface area contributed by atoms with E-state index in [9.17, 15) is 9.90 Å². The molecule has 4 rings (SSSR count). The van der Waals surface area contributed by atoms with E-state index in [4.69, 9.17) is 9.47 Å². The predicted octanol–water partition coefficient (Wildman–Crippen LogP) is 3.20.